The number of nitrogens with zero attached hydrogens (tertiary/aromatic N) is 6. The van der Waals surface area contributed by atoms with Gasteiger partial charge >= 0.3 is 13.9 Å². The van der Waals surface area contributed by atoms with E-state index in [1.807, 2.05) is 0 Å². The van der Waals surface area contributed by atoms with Gasteiger partial charge in [-0.2, -0.15) is 4.98 Å². The zero-order valence-electron chi connectivity index (χ0n) is 23.1. The highest BCUT2D eigenvalue weighted by Crippen LogP contribution is 2.55. The van der Waals surface area contributed by atoms with Crippen LogP contribution >= 0.6 is 26.2 Å². The third kappa shape index (κ3) is 5.31. The maximum Gasteiger partial charge on any atom is 0.582 e. The molecule has 4 aromatic rings. The monoisotopic (exact) mass is 720 g/mol. The van der Waals surface area contributed by atoms with Gasteiger partial charge in [-0.3, -0.25) is 23.4 Å². The zero-order chi connectivity index (χ0) is 32.5. The summed E-state index contributed by atoms with van der Waals surface area (Å²) in [6.07, 6.45) is -5.20. The molecular formula is C22H25FN9O10P2S2+. The SMILES string of the molecule is Nc1nc2c(ncn2[C@@H]2O[C@H](CO)[C@@H](F)[C@H]2OP(O)(=S)OC[C@@]23CO[C@@H]([C@H](n4cnc5c(N)ccnc54)O2)[C@@H]3O[P+](=O)S)c(=O)[nH]1. The second kappa shape index (κ2) is 11.8. The van der Waals surface area contributed by atoms with E-state index in [0.29, 0.717) is 16.9 Å². The lowest BCUT2D eigenvalue weighted by molar-refractivity contribution is -0.183. The fourth-order valence-electron chi connectivity index (χ4n) is 5.79. The number of aliphatic hydroxyl groups is 1. The Bertz CT molecular complexity index is 1950. The van der Waals surface area contributed by atoms with Gasteiger partial charge in [0.15, 0.2) is 47.1 Å². The number of anilines is 2. The lowest BCUT2D eigenvalue weighted by Crippen LogP contribution is -2.45. The van der Waals surface area contributed by atoms with Crippen LogP contribution in [-0.4, -0.2) is 100 Å². The Morgan fingerprint density at radius 1 is 1.24 bits per heavy atom. The topological polar surface area (TPSA) is 259 Å². The van der Waals surface area contributed by atoms with E-state index in [9.17, 15) is 19.4 Å². The number of hydrogen-bond acceptors (Lipinski definition) is 16. The predicted octanol–water partition coefficient (Wildman–Crippen LogP) is 0.214. The van der Waals surface area contributed by atoms with Gasteiger partial charge < -0.3 is 40.2 Å². The number of nitrogens with two attached hydrogens (primary N) is 2. The first kappa shape index (κ1) is 31.9. The zero-order valence-corrected chi connectivity index (χ0v) is 26.6. The average molecular weight is 721 g/mol. The van der Waals surface area contributed by atoms with E-state index >= 15 is 4.39 Å². The minimum Gasteiger partial charge on any atom is -0.397 e. The fraction of sp³-hybridized carbons (Fsp3) is 0.500. The number of pyridine rings is 1. The van der Waals surface area contributed by atoms with Crippen molar-refractivity contribution in [2.24, 2.45) is 0 Å². The summed E-state index contributed by atoms with van der Waals surface area (Å²) in [5.74, 6) is -0.241. The van der Waals surface area contributed by atoms with Crippen LogP contribution in [-0.2, 0) is 44.2 Å². The van der Waals surface area contributed by atoms with Crippen LogP contribution in [0.25, 0.3) is 22.3 Å². The maximum atomic E-state index is 15.6. The van der Waals surface area contributed by atoms with E-state index < -0.39 is 81.4 Å². The molecule has 2 unspecified atom stereocenters. The van der Waals surface area contributed by atoms with Crippen molar-refractivity contribution in [1.29, 1.82) is 0 Å². The fourth-order valence-corrected chi connectivity index (χ4v) is 8.03. The van der Waals surface area contributed by atoms with Crippen molar-refractivity contribution in [2.75, 3.05) is 31.3 Å². The van der Waals surface area contributed by atoms with Crippen LogP contribution in [0.1, 0.15) is 12.5 Å². The third-order valence-corrected chi connectivity index (χ3v) is 10.1. The highest BCUT2D eigenvalue weighted by molar-refractivity contribution is 8.39. The van der Waals surface area contributed by atoms with E-state index in [4.69, 9.17) is 51.1 Å². The predicted molar refractivity (Wildman–Crippen MR) is 162 cm³/mol. The van der Waals surface area contributed by atoms with Gasteiger partial charge in [-0.25, -0.2) is 19.3 Å². The molecule has 7 N–H and O–H groups in total. The molecule has 2 bridgehead atoms. The number of nitrogen functional groups attached to an aromatic ring is 2. The summed E-state index contributed by atoms with van der Waals surface area (Å²) in [4.78, 5) is 42.4. The molecule has 7 rings (SSSR count). The van der Waals surface area contributed by atoms with E-state index in [2.05, 4.69) is 37.2 Å². The summed E-state index contributed by atoms with van der Waals surface area (Å²) < 4.78 is 65.3. The number of hydrogen-bond donors (Lipinski definition) is 6. The molecule has 0 aliphatic carbocycles. The molecule has 19 nitrogen and oxygen atoms in total. The van der Waals surface area contributed by atoms with Crippen molar-refractivity contribution in [3.63, 3.8) is 0 Å². The summed E-state index contributed by atoms with van der Waals surface area (Å²) >= 11 is 9.14. The molecule has 0 radical (unpaired) electrons. The van der Waals surface area contributed by atoms with Crippen LogP contribution < -0.4 is 17.0 Å². The number of H-pyrrole nitrogens is 1. The second-order valence-electron chi connectivity index (χ2n) is 10.6. The number of imidazole rings is 2. The molecule has 3 aliphatic rings. The number of aromatic nitrogens is 7. The van der Waals surface area contributed by atoms with Crippen molar-refractivity contribution < 1.29 is 46.7 Å². The standard InChI is InChI=1S/C22H24FN9O10P2S2/c23-10-9(3-33)39-19(32-7-28-12-17(32)29-21(25)30-18(12)34)13(10)42-44(36,46)38-5-22-4-37-14(15(22)41-43(35)45)20(40-22)31-6-27-11-8(24)1-2-26-16(11)31/h1-2,6-7,9-10,13-15,19-20,33H,3-5H2,(H6-,24,25,26,29,30,34,35,36,45,46)/p+1/t9-,10-,13-,14-,15+,19-,20-,22-,44?/m1/s1. The van der Waals surface area contributed by atoms with E-state index in [-0.39, 0.29) is 23.7 Å². The molecule has 3 fully saturated rings. The Hall–Kier alpha value is -2.72. The first-order valence-corrected chi connectivity index (χ1v) is 18.3. The largest absolute Gasteiger partial charge is 0.582 e. The van der Waals surface area contributed by atoms with Crippen molar-refractivity contribution in [1.82, 2.24) is 34.1 Å². The number of fused-ring (bicyclic) bond motifs is 4. The Kier molecular flexibility index (Phi) is 8.14. The Labute approximate surface area is 267 Å². The lowest BCUT2D eigenvalue weighted by atomic mass is 10.0. The number of ether oxygens (including phenoxy) is 3. The molecule has 0 spiro atoms. The van der Waals surface area contributed by atoms with Gasteiger partial charge in [0, 0.05) is 6.20 Å². The molecule has 0 amide bonds. The van der Waals surface area contributed by atoms with Crippen LogP contribution in [0.2, 0.25) is 0 Å². The highest BCUT2D eigenvalue weighted by Gasteiger charge is 2.66. The molecule has 0 saturated carbocycles. The van der Waals surface area contributed by atoms with Crippen molar-refractivity contribution in [3.8, 4) is 0 Å². The Morgan fingerprint density at radius 3 is 2.72 bits per heavy atom. The number of rotatable bonds is 10. The van der Waals surface area contributed by atoms with Crippen LogP contribution in [0.15, 0.2) is 29.7 Å². The molecule has 3 saturated heterocycles. The number of aromatic amines is 1. The molecule has 46 heavy (non-hydrogen) atoms. The smallest absolute Gasteiger partial charge is 0.397 e. The minimum atomic E-state index is -4.36. The van der Waals surface area contributed by atoms with E-state index in [1.54, 1.807) is 10.6 Å². The van der Waals surface area contributed by atoms with Gasteiger partial charge in [-0.1, -0.05) is 0 Å². The average Bonchev–Trinajstić information content (AvgIpc) is 3.81. The van der Waals surface area contributed by atoms with Gasteiger partial charge in [-0.15, -0.1) is 4.52 Å². The number of halogens is 1. The second-order valence-corrected chi connectivity index (χ2v) is 15.1. The van der Waals surface area contributed by atoms with Gasteiger partial charge in [0.2, 0.25) is 5.95 Å². The van der Waals surface area contributed by atoms with E-state index in [0.717, 1.165) is 6.33 Å². The molecule has 0 aromatic carbocycles. The number of alkyl halides is 1. The quantitative estimate of drug-likeness (QED) is 0.0945. The molecule has 10 atom stereocenters. The first-order chi connectivity index (χ1) is 21.9. The van der Waals surface area contributed by atoms with Crippen LogP contribution in [0.3, 0.4) is 0 Å². The van der Waals surface area contributed by atoms with Crippen LogP contribution in [0.5, 0.6) is 0 Å². The van der Waals surface area contributed by atoms with Crippen LogP contribution in [0.4, 0.5) is 16.0 Å². The minimum absolute atomic E-state index is 0.0691. The van der Waals surface area contributed by atoms with Gasteiger partial charge in [0.25, 0.3) is 5.56 Å². The van der Waals surface area contributed by atoms with E-state index in [1.165, 1.54) is 17.1 Å². The van der Waals surface area contributed by atoms with Gasteiger partial charge in [0.1, 0.15) is 36.1 Å². The first-order valence-electron chi connectivity index (χ1n) is 13.4. The number of thiol groups is 1. The Balaban J connectivity index is 1.14. The third-order valence-electron chi connectivity index (χ3n) is 7.84. The van der Waals surface area contributed by atoms with Gasteiger partial charge in [-0.05, 0) is 22.4 Å². The van der Waals surface area contributed by atoms with Crippen molar-refractivity contribution in [2.45, 2.75) is 48.6 Å². The van der Waals surface area contributed by atoms with Gasteiger partial charge in [0.05, 0.1) is 38.2 Å². The Morgan fingerprint density at radius 2 is 1.98 bits per heavy atom. The molecule has 3 aliphatic heterocycles. The summed E-state index contributed by atoms with van der Waals surface area (Å²) in [7, 11) is -2.46. The molecular weight excluding hydrogens is 695 g/mol. The molecule has 24 heteroatoms. The summed E-state index contributed by atoms with van der Waals surface area (Å²) in [6.45, 7) is -5.76. The molecule has 246 valence electrons. The van der Waals surface area contributed by atoms with Crippen LogP contribution in [0, 0.1) is 0 Å². The lowest BCUT2D eigenvalue weighted by Gasteiger charge is -2.32. The normalized spacial score (nSPS) is 32.4. The van der Waals surface area contributed by atoms with Crippen molar-refractivity contribution >= 4 is 72.0 Å². The van der Waals surface area contributed by atoms with Crippen molar-refractivity contribution in [3.05, 3.63) is 35.3 Å². The highest BCUT2D eigenvalue weighted by atomic mass is 32.7. The summed E-state index contributed by atoms with van der Waals surface area (Å²) in [5, 5.41) is 9.73. The molecule has 7 heterocycles. The summed E-state index contributed by atoms with van der Waals surface area (Å²) in [6, 6.07) is 1.59. The summed E-state index contributed by atoms with van der Waals surface area (Å²) in [5.41, 5.74) is 10.5. The maximum absolute atomic E-state index is 15.6. The number of aliphatic hydroxyl groups excluding tert-OH is 1. The molecule has 4 aromatic heterocycles. The number of nitrogens with one attached hydrogen (secondary N) is 1.